The van der Waals surface area contributed by atoms with Crippen molar-refractivity contribution < 1.29 is 0 Å². The van der Waals surface area contributed by atoms with Crippen LogP contribution in [0.25, 0.3) is 0 Å². The van der Waals surface area contributed by atoms with Gasteiger partial charge < -0.3 is 5.73 Å². The molecule has 0 heterocycles. The van der Waals surface area contributed by atoms with Crippen LogP contribution >= 0.6 is 0 Å². The van der Waals surface area contributed by atoms with Crippen LogP contribution in [0.1, 0.15) is 28.7 Å². The lowest BCUT2D eigenvalue weighted by atomic mass is 9.79. The second-order valence-corrected chi connectivity index (χ2v) is 6.13. The highest BCUT2D eigenvalue weighted by Crippen LogP contribution is 2.28. The summed E-state index contributed by atoms with van der Waals surface area (Å²) in [6.45, 7) is 2.13. The fourth-order valence-electron chi connectivity index (χ4n) is 3.25. The molecule has 1 nitrogen and oxygen atoms in total. The molecule has 1 aliphatic carbocycles. The van der Waals surface area contributed by atoms with Gasteiger partial charge >= 0.3 is 0 Å². The molecule has 0 spiro atoms. The van der Waals surface area contributed by atoms with Gasteiger partial charge in [0.25, 0.3) is 0 Å². The van der Waals surface area contributed by atoms with Crippen molar-refractivity contribution in [2.24, 2.45) is 11.7 Å². The SMILES string of the molecule is Cc1ccc(CC(N)C2CCc3ccccc3C2)cc1. The van der Waals surface area contributed by atoms with Crippen LogP contribution in [0, 0.1) is 12.8 Å². The van der Waals surface area contributed by atoms with E-state index in [1.807, 2.05) is 0 Å². The summed E-state index contributed by atoms with van der Waals surface area (Å²) in [7, 11) is 0. The van der Waals surface area contributed by atoms with Gasteiger partial charge in [-0.2, -0.15) is 0 Å². The van der Waals surface area contributed by atoms with Crippen molar-refractivity contribution in [1.29, 1.82) is 0 Å². The number of hydrogen-bond donors (Lipinski definition) is 1. The number of rotatable bonds is 3. The topological polar surface area (TPSA) is 26.0 Å². The van der Waals surface area contributed by atoms with E-state index in [9.17, 15) is 0 Å². The second-order valence-electron chi connectivity index (χ2n) is 6.13. The van der Waals surface area contributed by atoms with Gasteiger partial charge in [0, 0.05) is 6.04 Å². The molecule has 0 radical (unpaired) electrons. The molecule has 2 aromatic rings. The van der Waals surface area contributed by atoms with E-state index in [0.29, 0.717) is 5.92 Å². The molecule has 0 fully saturated rings. The second kappa shape index (κ2) is 5.80. The number of nitrogens with two attached hydrogens (primary N) is 1. The molecule has 1 heteroatoms. The first kappa shape index (κ1) is 13.4. The summed E-state index contributed by atoms with van der Waals surface area (Å²) in [5.41, 5.74) is 12.2. The lowest BCUT2D eigenvalue weighted by molar-refractivity contribution is 0.372. The zero-order valence-corrected chi connectivity index (χ0v) is 12.2. The van der Waals surface area contributed by atoms with Crippen molar-refractivity contribution in [3.8, 4) is 0 Å². The Balaban J connectivity index is 1.67. The smallest absolute Gasteiger partial charge is 0.0111 e. The molecule has 3 rings (SSSR count). The molecule has 20 heavy (non-hydrogen) atoms. The number of hydrogen-bond acceptors (Lipinski definition) is 1. The highest BCUT2D eigenvalue weighted by molar-refractivity contribution is 5.30. The fourth-order valence-corrected chi connectivity index (χ4v) is 3.25. The normalized spacial score (nSPS) is 19.4. The summed E-state index contributed by atoms with van der Waals surface area (Å²) in [5, 5.41) is 0. The Morgan fingerprint density at radius 1 is 1.05 bits per heavy atom. The average Bonchev–Trinajstić information content (AvgIpc) is 2.49. The quantitative estimate of drug-likeness (QED) is 0.900. The first-order valence-corrected chi connectivity index (χ1v) is 7.60. The fraction of sp³-hybridized carbons (Fsp3) is 0.368. The molecule has 104 valence electrons. The number of benzene rings is 2. The number of fused-ring (bicyclic) bond motifs is 1. The Kier molecular flexibility index (Phi) is 3.88. The highest BCUT2D eigenvalue weighted by Gasteiger charge is 2.23. The van der Waals surface area contributed by atoms with Crippen LogP contribution in [-0.4, -0.2) is 6.04 Å². The van der Waals surface area contributed by atoms with Crippen LogP contribution in [0.5, 0.6) is 0 Å². The van der Waals surface area contributed by atoms with Crippen molar-refractivity contribution in [3.05, 3.63) is 70.8 Å². The van der Waals surface area contributed by atoms with Gasteiger partial charge in [-0.05, 0) is 55.2 Å². The Labute approximate surface area is 121 Å². The van der Waals surface area contributed by atoms with E-state index >= 15 is 0 Å². The molecule has 0 aliphatic heterocycles. The van der Waals surface area contributed by atoms with E-state index in [1.54, 1.807) is 0 Å². The van der Waals surface area contributed by atoms with E-state index < -0.39 is 0 Å². The van der Waals surface area contributed by atoms with Crippen LogP contribution < -0.4 is 5.73 Å². The van der Waals surface area contributed by atoms with Gasteiger partial charge in [-0.25, -0.2) is 0 Å². The minimum atomic E-state index is 0.270. The Morgan fingerprint density at radius 3 is 2.50 bits per heavy atom. The predicted molar refractivity (Wildman–Crippen MR) is 84.8 cm³/mol. The third-order valence-corrected chi connectivity index (χ3v) is 4.58. The Morgan fingerprint density at radius 2 is 1.75 bits per heavy atom. The third-order valence-electron chi connectivity index (χ3n) is 4.58. The largest absolute Gasteiger partial charge is 0.327 e. The predicted octanol–water partition coefficient (Wildman–Crippen LogP) is 3.67. The molecular formula is C19H23N. The van der Waals surface area contributed by atoms with Crippen molar-refractivity contribution in [1.82, 2.24) is 0 Å². The van der Waals surface area contributed by atoms with E-state index in [4.69, 9.17) is 5.73 Å². The molecule has 0 saturated carbocycles. The molecule has 2 unspecified atom stereocenters. The van der Waals surface area contributed by atoms with Crippen LogP contribution in [-0.2, 0) is 19.3 Å². The lowest BCUT2D eigenvalue weighted by Gasteiger charge is -2.29. The standard InChI is InChI=1S/C19H23N/c1-14-6-8-15(9-7-14)12-19(20)18-11-10-16-4-2-3-5-17(16)13-18/h2-9,18-19H,10-13,20H2,1H3. The van der Waals surface area contributed by atoms with Gasteiger partial charge in [-0.3, -0.25) is 0 Å². The van der Waals surface area contributed by atoms with Gasteiger partial charge in [-0.15, -0.1) is 0 Å². The average molecular weight is 265 g/mol. The van der Waals surface area contributed by atoms with Crippen LogP contribution in [0.3, 0.4) is 0 Å². The van der Waals surface area contributed by atoms with E-state index in [0.717, 1.165) is 12.8 Å². The van der Waals surface area contributed by atoms with E-state index in [2.05, 4.69) is 55.5 Å². The van der Waals surface area contributed by atoms with E-state index in [1.165, 1.54) is 35.1 Å². The summed E-state index contributed by atoms with van der Waals surface area (Å²) >= 11 is 0. The first-order chi connectivity index (χ1) is 9.72. The van der Waals surface area contributed by atoms with Crippen LogP contribution in [0.15, 0.2) is 48.5 Å². The summed E-state index contributed by atoms with van der Waals surface area (Å²) < 4.78 is 0. The van der Waals surface area contributed by atoms with Crippen LogP contribution in [0.2, 0.25) is 0 Å². The van der Waals surface area contributed by atoms with Crippen LogP contribution in [0.4, 0.5) is 0 Å². The molecule has 2 atom stereocenters. The maximum atomic E-state index is 6.48. The molecule has 0 saturated heterocycles. The van der Waals surface area contributed by atoms with Crippen molar-refractivity contribution >= 4 is 0 Å². The van der Waals surface area contributed by atoms with Gasteiger partial charge in [0.1, 0.15) is 0 Å². The third kappa shape index (κ3) is 2.94. The lowest BCUT2D eigenvalue weighted by Crippen LogP contribution is -2.35. The minimum Gasteiger partial charge on any atom is -0.327 e. The highest BCUT2D eigenvalue weighted by atomic mass is 14.6. The summed E-state index contributed by atoms with van der Waals surface area (Å²) in [6.07, 6.45) is 4.54. The maximum Gasteiger partial charge on any atom is 0.0111 e. The molecule has 0 aromatic heterocycles. The zero-order chi connectivity index (χ0) is 13.9. The van der Waals surface area contributed by atoms with Crippen molar-refractivity contribution in [2.45, 2.75) is 38.6 Å². The molecule has 0 bridgehead atoms. The molecular weight excluding hydrogens is 242 g/mol. The van der Waals surface area contributed by atoms with E-state index in [-0.39, 0.29) is 6.04 Å². The summed E-state index contributed by atoms with van der Waals surface area (Å²) in [6, 6.07) is 17.9. The molecule has 2 N–H and O–H groups in total. The Bertz CT molecular complexity index is 571. The minimum absolute atomic E-state index is 0.270. The van der Waals surface area contributed by atoms with Crippen molar-refractivity contribution in [2.75, 3.05) is 0 Å². The summed E-state index contributed by atoms with van der Waals surface area (Å²) in [4.78, 5) is 0. The summed E-state index contributed by atoms with van der Waals surface area (Å²) in [5.74, 6) is 0.617. The maximum absolute atomic E-state index is 6.48. The zero-order valence-electron chi connectivity index (χ0n) is 12.2. The molecule has 0 amide bonds. The van der Waals surface area contributed by atoms with Gasteiger partial charge in [-0.1, -0.05) is 54.1 Å². The van der Waals surface area contributed by atoms with Gasteiger partial charge in [0.2, 0.25) is 0 Å². The molecule has 1 aliphatic rings. The number of aryl methyl sites for hydroxylation is 2. The van der Waals surface area contributed by atoms with Gasteiger partial charge in [0.15, 0.2) is 0 Å². The Hall–Kier alpha value is -1.60. The first-order valence-electron chi connectivity index (χ1n) is 7.60. The monoisotopic (exact) mass is 265 g/mol. The molecule has 2 aromatic carbocycles. The van der Waals surface area contributed by atoms with Gasteiger partial charge in [0.05, 0.1) is 0 Å². The van der Waals surface area contributed by atoms with Crippen molar-refractivity contribution in [3.63, 3.8) is 0 Å².